The van der Waals surface area contributed by atoms with Crippen LogP contribution in [0, 0.1) is 0 Å². The number of hydrogen-bond acceptors (Lipinski definition) is 3. The van der Waals surface area contributed by atoms with E-state index in [1.165, 1.54) is 11.6 Å². The van der Waals surface area contributed by atoms with E-state index in [1.54, 1.807) is 19.1 Å². The van der Waals surface area contributed by atoms with Crippen molar-refractivity contribution in [1.82, 2.24) is 5.32 Å². The molecule has 1 aliphatic carbocycles. The smallest absolute Gasteiger partial charge is 0.340 e. The van der Waals surface area contributed by atoms with Crippen molar-refractivity contribution in [2.75, 3.05) is 0 Å². The summed E-state index contributed by atoms with van der Waals surface area (Å²) in [5, 5.41) is 3.36. The van der Waals surface area contributed by atoms with Crippen molar-refractivity contribution < 1.29 is 14.3 Å². The minimum absolute atomic E-state index is 0.0663. The molecule has 6 heteroatoms. The maximum absolute atomic E-state index is 12.5. The molecular weight excluding hydrogens is 373 g/mol. The van der Waals surface area contributed by atoms with Gasteiger partial charge < -0.3 is 10.1 Å². The Morgan fingerprint density at radius 1 is 1.15 bits per heavy atom. The van der Waals surface area contributed by atoms with Gasteiger partial charge in [-0.2, -0.15) is 0 Å². The third-order valence-corrected chi connectivity index (χ3v) is 5.33. The Kier molecular flexibility index (Phi) is 5.84. The molecule has 0 aliphatic heterocycles. The van der Waals surface area contributed by atoms with Gasteiger partial charge >= 0.3 is 5.97 Å². The van der Waals surface area contributed by atoms with E-state index in [4.69, 9.17) is 27.9 Å². The van der Waals surface area contributed by atoms with Gasteiger partial charge in [0.15, 0.2) is 6.10 Å². The Balaban J connectivity index is 1.65. The lowest BCUT2D eigenvalue weighted by atomic mass is 9.87. The van der Waals surface area contributed by atoms with Crippen molar-refractivity contribution in [2.24, 2.45) is 0 Å². The highest BCUT2D eigenvalue weighted by Gasteiger charge is 2.26. The largest absolute Gasteiger partial charge is 0.449 e. The molecule has 136 valence electrons. The highest BCUT2D eigenvalue weighted by Crippen LogP contribution is 2.30. The quantitative estimate of drug-likeness (QED) is 0.766. The van der Waals surface area contributed by atoms with Gasteiger partial charge in [0.25, 0.3) is 5.91 Å². The molecule has 2 unspecified atom stereocenters. The molecule has 4 nitrogen and oxygen atoms in total. The SMILES string of the molecule is CC(OC(=O)c1cccc(Cl)c1Cl)C(=O)NC1CCCc2ccccc21. The van der Waals surface area contributed by atoms with E-state index in [-0.39, 0.29) is 27.6 Å². The predicted molar refractivity (Wildman–Crippen MR) is 102 cm³/mol. The molecule has 2 aromatic rings. The zero-order valence-electron chi connectivity index (χ0n) is 14.3. The summed E-state index contributed by atoms with van der Waals surface area (Å²) in [6.45, 7) is 1.54. The molecule has 0 saturated carbocycles. The number of carbonyl (C=O) groups is 2. The summed E-state index contributed by atoms with van der Waals surface area (Å²) in [5.74, 6) is -1.01. The summed E-state index contributed by atoms with van der Waals surface area (Å²) < 4.78 is 5.27. The summed E-state index contributed by atoms with van der Waals surface area (Å²) in [4.78, 5) is 24.8. The molecule has 1 amide bonds. The molecule has 1 N–H and O–H groups in total. The van der Waals surface area contributed by atoms with Crippen molar-refractivity contribution in [2.45, 2.75) is 38.3 Å². The molecule has 1 aliphatic rings. The van der Waals surface area contributed by atoms with Crippen LogP contribution in [0.1, 0.15) is 47.3 Å². The fourth-order valence-corrected chi connectivity index (χ4v) is 3.51. The molecule has 26 heavy (non-hydrogen) atoms. The van der Waals surface area contributed by atoms with E-state index in [9.17, 15) is 9.59 Å². The lowest BCUT2D eigenvalue weighted by Gasteiger charge is -2.27. The van der Waals surface area contributed by atoms with Crippen molar-refractivity contribution in [3.05, 3.63) is 69.2 Å². The van der Waals surface area contributed by atoms with Gasteiger partial charge in [-0.1, -0.05) is 53.5 Å². The summed E-state index contributed by atoms with van der Waals surface area (Å²) in [5.41, 5.74) is 2.52. The van der Waals surface area contributed by atoms with Crippen LogP contribution in [0.2, 0.25) is 10.0 Å². The van der Waals surface area contributed by atoms with Crippen molar-refractivity contribution in [3.63, 3.8) is 0 Å². The average Bonchev–Trinajstić information content (AvgIpc) is 2.64. The maximum atomic E-state index is 12.5. The van der Waals surface area contributed by atoms with Crippen LogP contribution < -0.4 is 5.32 Å². The summed E-state index contributed by atoms with van der Waals surface area (Å²) in [7, 11) is 0. The number of hydrogen-bond donors (Lipinski definition) is 1. The molecule has 0 aromatic heterocycles. The standard InChI is InChI=1S/C20H19Cl2NO3/c1-12(26-20(25)15-9-5-10-16(21)18(15)22)19(24)23-17-11-4-7-13-6-2-3-8-14(13)17/h2-3,5-6,8-10,12,17H,4,7,11H2,1H3,(H,23,24). The average molecular weight is 392 g/mol. The van der Waals surface area contributed by atoms with Crippen LogP contribution >= 0.6 is 23.2 Å². The van der Waals surface area contributed by atoms with Crippen molar-refractivity contribution in [1.29, 1.82) is 0 Å². The highest BCUT2D eigenvalue weighted by molar-refractivity contribution is 6.43. The fraction of sp³-hybridized carbons (Fsp3) is 0.300. The first-order valence-corrected chi connectivity index (χ1v) is 9.26. The van der Waals surface area contributed by atoms with Crippen LogP contribution in [0.4, 0.5) is 0 Å². The second-order valence-corrected chi connectivity index (χ2v) is 7.09. The van der Waals surface area contributed by atoms with Crippen LogP contribution in [0.3, 0.4) is 0 Å². The van der Waals surface area contributed by atoms with Gasteiger partial charge in [-0.3, -0.25) is 4.79 Å². The molecule has 0 heterocycles. The van der Waals surface area contributed by atoms with Crippen molar-refractivity contribution in [3.8, 4) is 0 Å². The number of carbonyl (C=O) groups excluding carboxylic acids is 2. The lowest BCUT2D eigenvalue weighted by molar-refractivity contribution is -0.130. The summed E-state index contributed by atoms with van der Waals surface area (Å²) in [6, 6.07) is 12.7. The Morgan fingerprint density at radius 2 is 1.92 bits per heavy atom. The Bertz CT molecular complexity index is 838. The first-order valence-electron chi connectivity index (χ1n) is 8.50. The molecule has 0 saturated heterocycles. The van der Waals surface area contributed by atoms with E-state index >= 15 is 0 Å². The second kappa shape index (κ2) is 8.11. The normalized spacial score (nSPS) is 17.1. The molecular formula is C20H19Cl2NO3. The van der Waals surface area contributed by atoms with Crippen LogP contribution in [-0.4, -0.2) is 18.0 Å². The lowest BCUT2D eigenvalue weighted by Crippen LogP contribution is -2.39. The number of rotatable bonds is 4. The Labute approximate surface area is 162 Å². The number of aryl methyl sites for hydroxylation is 1. The number of esters is 1. The Hall–Kier alpha value is -2.04. The number of ether oxygens (including phenoxy) is 1. The van der Waals surface area contributed by atoms with Crippen LogP contribution in [0.15, 0.2) is 42.5 Å². The van der Waals surface area contributed by atoms with Gasteiger partial charge in [0.05, 0.1) is 21.7 Å². The Morgan fingerprint density at radius 3 is 2.73 bits per heavy atom. The van der Waals surface area contributed by atoms with E-state index < -0.39 is 12.1 Å². The molecule has 0 fully saturated rings. The number of nitrogens with one attached hydrogen (secondary N) is 1. The van der Waals surface area contributed by atoms with E-state index in [2.05, 4.69) is 11.4 Å². The number of amides is 1. The topological polar surface area (TPSA) is 55.4 Å². The third-order valence-electron chi connectivity index (χ3n) is 4.51. The number of fused-ring (bicyclic) bond motifs is 1. The fourth-order valence-electron chi connectivity index (χ4n) is 3.13. The van der Waals surface area contributed by atoms with Crippen LogP contribution in [0.5, 0.6) is 0 Å². The zero-order chi connectivity index (χ0) is 18.7. The van der Waals surface area contributed by atoms with Gasteiger partial charge in [-0.15, -0.1) is 0 Å². The molecule has 0 spiro atoms. The summed E-state index contributed by atoms with van der Waals surface area (Å²) in [6.07, 6.45) is 1.95. The highest BCUT2D eigenvalue weighted by atomic mass is 35.5. The maximum Gasteiger partial charge on any atom is 0.340 e. The van der Waals surface area contributed by atoms with E-state index in [1.807, 2.05) is 18.2 Å². The van der Waals surface area contributed by atoms with E-state index in [0.717, 1.165) is 24.8 Å². The molecule has 2 atom stereocenters. The van der Waals surface area contributed by atoms with Crippen LogP contribution in [0.25, 0.3) is 0 Å². The minimum Gasteiger partial charge on any atom is -0.449 e. The number of benzene rings is 2. The zero-order valence-corrected chi connectivity index (χ0v) is 15.8. The monoisotopic (exact) mass is 391 g/mol. The molecule has 3 rings (SSSR count). The van der Waals surface area contributed by atoms with Gasteiger partial charge in [0, 0.05) is 0 Å². The number of halogens is 2. The second-order valence-electron chi connectivity index (χ2n) is 6.30. The predicted octanol–water partition coefficient (Wildman–Crippen LogP) is 4.73. The molecule has 0 radical (unpaired) electrons. The first-order chi connectivity index (χ1) is 12.5. The third kappa shape index (κ3) is 4.02. The van der Waals surface area contributed by atoms with Crippen molar-refractivity contribution >= 4 is 35.1 Å². The summed E-state index contributed by atoms with van der Waals surface area (Å²) >= 11 is 11.9. The van der Waals surface area contributed by atoms with Gasteiger partial charge in [0.1, 0.15) is 0 Å². The van der Waals surface area contributed by atoms with Gasteiger partial charge in [-0.05, 0) is 49.4 Å². The molecule has 2 aromatic carbocycles. The molecule has 0 bridgehead atoms. The van der Waals surface area contributed by atoms with Crippen LogP contribution in [-0.2, 0) is 16.0 Å². The minimum atomic E-state index is -0.938. The first kappa shape index (κ1) is 18.7. The van der Waals surface area contributed by atoms with E-state index in [0.29, 0.717) is 0 Å². The van der Waals surface area contributed by atoms with Gasteiger partial charge in [0.2, 0.25) is 0 Å². The van der Waals surface area contributed by atoms with Gasteiger partial charge in [-0.25, -0.2) is 4.79 Å².